The van der Waals surface area contributed by atoms with E-state index >= 15 is 0 Å². The number of hydrogen-bond donors (Lipinski definition) is 1. The number of unbranched alkanes of at least 4 members (excludes halogenated alkanes) is 2. The molecule has 6 nitrogen and oxygen atoms in total. The number of rotatable bonds is 9. The predicted octanol–water partition coefficient (Wildman–Crippen LogP) is 0.990. The maximum Gasteiger partial charge on any atom is 0.397 e. The van der Waals surface area contributed by atoms with E-state index in [1.807, 2.05) is 0 Å². The fourth-order valence-electron chi connectivity index (χ4n) is 0.819. The van der Waals surface area contributed by atoms with E-state index in [0.717, 1.165) is 19.3 Å². The smallest absolute Gasteiger partial charge is 0.397 e. The molecule has 0 aliphatic heterocycles. The Kier molecular flexibility index (Phi) is 9.86. The molecule has 0 amide bonds. The molecule has 1 N–H and O–H groups in total. The molecule has 0 aliphatic carbocycles. The molecular formula is C10H18O6S. The van der Waals surface area contributed by atoms with Gasteiger partial charge < -0.3 is 9.47 Å². The van der Waals surface area contributed by atoms with Gasteiger partial charge in [0.1, 0.15) is 12.7 Å². The quantitative estimate of drug-likeness (QED) is 0.381. The van der Waals surface area contributed by atoms with Gasteiger partial charge in [-0.1, -0.05) is 19.3 Å². The van der Waals surface area contributed by atoms with Gasteiger partial charge in [0.15, 0.2) is 0 Å². The Morgan fingerprint density at radius 2 is 1.88 bits per heavy atom. The van der Waals surface area contributed by atoms with Crippen LogP contribution >= 0.6 is 0 Å². The molecule has 100 valence electrons. The third kappa shape index (κ3) is 15.2. The average molecular weight is 266 g/mol. The zero-order valence-corrected chi connectivity index (χ0v) is 10.7. The third-order valence-corrected chi connectivity index (χ3v) is 2.05. The van der Waals surface area contributed by atoms with Crippen molar-refractivity contribution < 1.29 is 26.6 Å². The molecule has 0 atom stereocenters. The number of hydrogen-bond acceptors (Lipinski definition) is 5. The molecule has 0 rings (SSSR count). The zero-order valence-electron chi connectivity index (χ0n) is 9.85. The standard InChI is InChI=1S/C10H18O6S/c1-2-3-4-5-6-14-7-8-15-9-10-16-17(11,12)13/h2-4,7-10H2,1H3,(H,11,12,13). The van der Waals surface area contributed by atoms with Crippen LogP contribution in [0.3, 0.4) is 0 Å². The summed E-state index contributed by atoms with van der Waals surface area (Å²) in [6.07, 6.45) is 5.52. The summed E-state index contributed by atoms with van der Waals surface area (Å²) < 4.78 is 42.4. The van der Waals surface area contributed by atoms with Crippen molar-refractivity contribution in [2.75, 3.05) is 26.4 Å². The van der Waals surface area contributed by atoms with Crippen molar-refractivity contribution in [2.24, 2.45) is 0 Å². The largest absolute Gasteiger partial charge is 0.444 e. The second-order valence-electron chi connectivity index (χ2n) is 3.09. The van der Waals surface area contributed by atoms with E-state index in [4.69, 9.17) is 14.0 Å². The lowest BCUT2D eigenvalue weighted by Crippen LogP contribution is -2.11. The molecule has 0 bridgehead atoms. The maximum absolute atomic E-state index is 10.1. The highest BCUT2D eigenvalue weighted by Crippen LogP contribution is 1.90. The lowest BCUT2D eigenvalue weighted by atomic mass is 10.3. The molecule has 0 aromatic heterocycles. The SMILES string of the molecule is CCCCC#COCCOCCOS(=O)(=O)O. The highest BCUT2D eigenvalue weighted by molar-refractivity contribution is 7.80. The second-order valence-corrected chi connectivity index (χ2v) is 4.18. The van der Waals surface area contributed by atoms with Crippen molar-refractivity contribution in [1.29, 1.82) is 0 Å². The molecule has 0 aromatic carbocycles. The summed E-state index contributed by atoms with van der Waals surface area (Å²) in [5.74, 6) is 2.84. The lowest BCUT2D eigenvalue weighted by molar-refractivity contribution is 0.0683. The molecule has 0 radical (unpaired) electrons. The molecular weight excluding hydrogens is 248 g/mol. The Hall–Kier alpha value is -0.810. The molecule has 0 heterocycles. The summed E-state index contributed by atoms with van der Waals surface area (Å²) in [4.78, 5) is 0. The minimum Gasteiger partial charge on any atom is -0.444 e. The second kappa shape index (κ2) is 10.4. The van der Waals surface area contributed by atoms with Crippen LogP contribution in [-0.4, -0.2) is 39.4 Å². The van der Waals surface area contributed by atoms with E-state index in [0.29, 0.717) is 6.61 Å². The van der Waals surface area contributed by atoms with Crippen molar-refractivity contribution >= 4 is 10.4 Å². The molecule has 17 heavy (non-hydrogen) atoms. The molecule has 0 saturated carbocycles. The summed E-state index contributed by atoms with van der Waals surface area (Å²) in [5, 5.41) is 0. The summed E-state index contributed by atoms with van der Waals surface area (Å²) in [6, 6.07) is 0. The van der Waals surface area contributed by atoms with Gasteiger partial charge in [0, 0.05) is 6.42 Å². The average Bonchev–Trinajstić information content (AvgIpc) is 2.24. The number of ether oxygens (including phenoxy) is 2. The van der Waals surface area contributed by atoms with Gasteiger partial charge in [0.05, 0.1) is 19.8 Å². The molecule has 7 heteroatoms. The van der Waals surface area contributed by atoms with Crippen LogP contribution in [0.2, 0.25) is 0 Å². The molecule has 0 unspecified atom stereocenters. The summed E-state index contributed by atoms with van der Waals surface area (Å²) in [7, 11) is -4.37. The molecule has 0 aromatic rings. The first-order valence-corrected chi connectivity index (χ1v) is 6.72. The van der Waals surface area contributed by atoms with Crippen molar-refractivity contribution in [3.05, 3.63) is 0 Å². The molecule has 0 aliphatic rings. The van der Waals surface area contributed by atoms with Crippen LogP contribution in [0, 0.1) is 12.0 Å². The highest BCUT2D eigenvalue weighted by atomic mass is 32.3. The van der Waals surface area contributed by atoms with Crippen LogP contribution in [-0.2, 0) is 24.1 Å². The van der Waals surface area contributed by atoms with Gasteiger partial charge in [0.2, 0.25) is 0 Å². The first-order valence-electron chi connectivity index (χ1n) is 5.35. The van der Waals surface area contributed by atoms with E-state index in [2.05, 4.69) is 23.1 Å². The van der Waals surface area contributed by atoms with Gasteiger partial charge >= 0.3 is 10.4 Å². The lowest BCUT2D eigenvalue weighted by Gasteiger charge is -2.02. The molecule has 0 spiro atoms. The van der Waals surface area contributed by atoms with Gasteiger partial charge in [-0.05, 0) is 6.42 Å². The van der Waals surface area contributed by atoms with Crippen molar-refractivity contribution in [3.8, 4) is 12.0 Å². The van der Waals surface area contributed by atoms with Crippen LogP contribution in [0.15, 0.2) is 0 Å². The Balaban J connectivity index is 3.21. The van der Waals surface area contributed by atoms with E-state index in [1.165, 1.54) is 0 Å². The van der Waals surface area contributed by atoms with E-state index < -0.39 is 10.4 Å². The maximum atomic E-state index is 10.1. The predicted molar refractivity (Wildman–Crippen MR) is 61.6 cm³/mol. The molecule has 0 fully saturated rings. The highest BCUT2D eigenvalue weighted by Gasteiger charge is 2.02. The Morgan fingerprint density at radius 1 is 1.18 bits per heavy atom. The molecule has 0 saturated heterocycles. The Bertz CT molecular complexity index is 326. The monoisotopic (exact) mass is 266 g/mol. The Labute approximate surface area is 102 Å². The van der Waals surface area contributed by atoms with E-state index in [9.17, 15) is 8.42 Å². The van der Waals surface area contributed by atoms with Gasteiger partial charge in [-0.25, -0.2) is 4.18 Å². The van der Waals surface area contributed by atoms with Crippen molar-refractivity contribution in [2.45, 2.75) is 26.2 Å². The topological polar surface area (TPSA) is 82.1 Å². The normalized spacial score (nSPS) is 10.7. The fourth-order valence-corrected chi connectivity index (χ4v) is 1.10. The first kappa shape index (κ1) is 16.2. The summed E-state index contributed by atoms with van der Waals surface area (Å²) in [6.45, 7) is 2.53. The third-order valence-electron chi connectivity index (χ3n) is 1.59. The van der Waals surface area contributed by atoms with Crippen LogP contribution in [0.25, 0.3) is 0 Å². The first-order chi connectivity index (χ1) is 8.06. The minimum absolute atomic E-state index is 0.0619. The van der Waals surface area contributed by atoms with Gasteiger partial charge in [-0.3, -0.25) is 4.55 Å². The van der Waals surface area contributed by atoms with Gasteiger partial charge in [0.25, 0.3) is 0 Å². The van der Waals surface area contributed by atoms with Crippen molar-refractivity contribution in [1.82, 2.24) is 0 Å². The van der Waals surface area contributed by atoms with Crippen LogP contribution < -0.4 is 0 Å². The summed E-state index contributed by atoms with van der Waals surface area (Å²) in [5.41, 5.74) is 0. The summed E-state index contributed by atoms with van der Waals surface area (Å²) >= 11 is 0. The van der Waals surface area contributed by atoms with Gasteiger partial charge in [-0.15, -0.1) is 0 Å². The van der Waals surface area contributed by atoms with Crippen LogP contribution in [0.4, 0.5) is 0 Å². The van der Waals surface area contributed by atoms with Crippen molar-refractivity contribution in [3.63, 3.8) is 0 Å². The zero-order chi connectivity index (χ0) is 13.0. The minimum atomic E-state index is -4.37. The van der Waals surface area contributed by atoms with E-state index in [1.54, 1.807) is 0 Å². The van der Waals surface area contributed by atoms with Crippen LogP contribution in [0.5, 0.6) is 0 Å². The van der Waals surface area contributed by atoms with Gasteiger partial charge in [-0.2, -0.15) is 8.42 Å². The Morgan fingerprint density at radius 3 is 2.53 bits per heavy atom. The van der Waals surface area contributed by atoms with Crippen LogP contribution in [0.1, 0.15) is 26.2 Å². The fraction of sp³-hybridized carbons (Fsp3) is 0.800. The van der Waals surface area contributed by atoms with E-state index in [-0.39, 0.29) is 19.8 Å².